The highest BCUT2D eigenvalue weighted by molar-refractivity contribution is 5.95. The summed E-state index contributed by atoms with van der Waals surface area (Å²) in [5.41, 5.74) is 13.9. The molecule has 2 aromatic carbocycles. The summed E-state index contributed by atoms with van der Waals surface area (Å²) in [5, 5.41) is 6.60. The van der Waals surface area contributed by atoms with Gasteiger partial charge in [-0.15, -0.1) is 0 Å². The predicted octanol–water partition coefficient (Wildman–Crippen LogP) is 5.15. The maximum absolute atomic E-state index is 13.0. The molecule has 0 radical (unpaired) electrons. The van der Waals surface area contributed by atoms with Gasteiger partial charge < -0.3 is 16.4 Å². The summed E-state index contributed by atoms with van der Waals surface area (Å²) in [7, 11) is 0. The van der Waals surface area contributed by atoms with Crippen molar-refractivity contribution in [2.24, 2.45) is 5.73 Å². The fraction of sp³-hybridized carbons (Fsp3) is 0.138. The van der Waals surface area contributed by atoms with E-state index in [4.69, 9.17) is 10.7 Å². The number of nitrogens with zero attached hydrogens (tertiary/aromatic N) is 3. The largest absolute Gasteiger partial charge is 0.348 e. The summed E-state index contributed by atoms with van der Waals surface area (Å²) in [4.78, 5) is 22.1. The van der Waals surface area contributed by atoms with Gasteiger partial charge in [0.15, 0.2) is 0 Å². The lowest BCUT2D eigenvalue weighted by Gasteiger charge is -2.14. The van der Waals surface area contributed by atoms with E-state index in [2.05, 4.69) is 41.6 Å². The Morgan fingerprint density at radius 3 is 2.50 bits per heavy atom. The van der Waals surface area contributed by atoms with E-state index in [1.54, 1.807) is 18.5 Å². The van der Waals surface area contributed by atoms with Gasteiger partial charge >= 0.3 is 0 Å². The number of nitrogens with one attached hydrogen (secondary N) is 2. The number of hydrogen-bond donors (Lipinski definition) is 3. The van der Waals surface area contributed by atoms with Crippen LogP contribution in [-0.4, -0.2) is 20.3 Å². The molecule has 4 N–H and O–H groups in total. The molecule has 7 heteroatoms. The zero-order valence-corrected chi connectivity index (χ0v) is 20.3. The van der Waals surface area contributed by atoms with Crippen LogP contribution in [0.2, 0.25) is 0 Å². The third-order valence-electron chi connectivity index (χ3n) is 6.23. The molecule has 7 nitrogen and oxygen atoms in total. The number of pyridine rings is 2. The number of hydrogen-bond acceptors (Lipinski definition) is 5. The topological polar surface area (TPSA) is 97.3 Å². The molecule has 36 heavy (non-hydrogen) atoms. The van der Waals surface area contributed by atoms with Crippen LogP contribution in [-0.2, 0) is 13.1 Å². The number of amides is 1. The van der Waals surface area contributed by atoms with Crippen LogP contribution in [0.1, 0.15) is 32.6 Å². The maximum Gasteiger partial charge on any atom is 0.251 e. The highest BCUT2D eigenvalue weighted by Gasteiger charge is 2.18. The van der Waals surface area contributed by atoms with E-state index in [9.17, 15) is 4.79 Å². The van der Waals surface area contributed by atoms with Crippen LogP contribution in [0.3, 0.4) is 0 Å². The fourth-order valence-corrected chi connectivity index (χ4v) is 4.29. The molecule has 0 atom stereocenters. The third-order valence-corrected chi connectivity index (χ3v) is 6.23. The van der Waals surface area contributed by atoms with Crippen LogP contribution in [0, 0.1) is 13.8 Å². The number of benzene rings is 2. The number of anilines is 2. The first kappa shape index (κ1) is 23.3. The number of aryl methyl sites for hydroxylation is 2. The van der Waals surface area contributed by atoms with Crippen molar-refractivity contribution in [1.82, 2.24) is 19.7 Å². The molecule has 3 aromatic heterocycles. The second-order valence-electron chi connectivity index (χ2n) is 8.79. The van der Waals surface area contributed by atoms with E-state index in [1.807, 2.05) is 59.1 Å². The quantitative estimate of drug-likeness (QED) is 0.302. The molecule has 1 amide bonds. The Kier molecular flexibility index (Phi) is 6.47. The molecule has 3 heterocycles. The lowest BCUT2D eigenvalue weighted by atomic mass is 10.1. The van der Waals surface area contributed by atoms with Crippen molar-refractivity contribution >= 4 is 23.1 Å². The lowest BCUT2D eigenvalue weighted by Crippen LogP contribution is -2.23. The zero-order valence-electron chi connectivity index (χ0n) is 20.3. The lowest BCUT2D eigenvalue weighted by molar-refractivity contribution is 0.0951. The Morgan fingerprint density at radius 1 is 0.972 bits per heavy atom. The number of rotatable bonds is 7. The van der Waals surface area contributed by atoms with Crippen molar-refractivity contribution in [2.45, 2.75) is 26.9 Å². The molecule has 0 spiro atoms. The van der Waals surface area contributed by atoms with E-state index >= 15 is 0 Å². The van der Waals surface area contributed by atoms with Gasteiger partial charge in [0.1, 0.15) is 17.2 Å². The molecule has 0 saturated heterocycles. The Balaban J connectivity index is 1.49. The Morgan fingerprint density at radius 2 is 1.75 bits per heavy atom. The van der Waals surface area contributed by atoms with E-state index in [1.165, 1.54) is 0 Å². The second-order valence-corrected chi connectivity index (χ2v) is 8.79. The molecule has 0 bridgehead atoms. The number of imidazole rings is 1. The minimum Gasteiger partial charge on any atom is -0.348 e. The van der Waals surface area contributed by atoms with E-state index in [-0.39, 0.29) is 5.91 Å². The average Bonchev–Trinajstić information content (AvgIpc) is 3.27. The molecular formula is C29H28N6O. The zero-order chi connectivity index (χ0) is 25.1. The number of carbonyl (C=O) groups is 1. The van der Waals surface area contributed by atoms with Crippen molar-refractivity contribution < 1.29 is 4.79 Å². The van der Waals surface area contributed by atoms with Crippen LogP contribution in [0.25, 0.3) is 16.9 Å². The first-order valence-corrected chi connectivity index (χ1v) is 11.9. The van der Waals surface area contributed by atoms with Crippen LogP contribution >= 0.6 is 0 Å². The molecule has 0 saturated carbocycles. The van der Waals surface area contributed by atoms with Gasteiger partial charge in [-0.3, -0.25) is 14.2 Å². The highest BCUT2D eigenvalue weighted by atomic mass is 16.1. The van der Waals surface area contributed by atoms with Crippen LogP contribution in [0.15, 0.2) is 85.3 Å². The van der Waals surface area contributed by atoms with Gasteiger partial charge in [0, 0.05) is 48.5 Å². The molecule has 0 unspecified atom stereocenters. The van der Waals surface area contributed by atoms with Crippen LogP contribution in [0.4, 0.5) is 11.5 Å². The maximum atomic E-state index is 13.0. The van der Waals surface area contributed by atoms with Gasteiger partial charge in [0.05, 0.1) is 0 Å². The van der Waals surface area contributed by atoms with Crippen molar-refractivity contribution in [1.29, 1.82) is 0 Å². The van der Waals surface area contributed by atoms with Gasteiger partial charge in [-0.1, -0.05) is 42.5 Å². The van der Waals surface area contributed by atoms with Crippen molar-refractivity contribution in [3.63, 3.8) is 0 Å². The highest BCUT2D eigenvalue weighted by Crippen LogP contribution is 2.33. The van der Waals surface area contributed by atoms with Gasteiger partial charge in [-0.2, -0.15) is 0 Å². The molecule has 5 rings (SSSR count). The predicted molar refractivity (Wildman–Crippen MR) is 143 cm³/mol. The number of nitrogens with two attached hydrogens (primary N) is 1. The van der Waals surface area contributed by atoms with Gasteiger partial charge in [0.25, 0.3) is 5.91 Å². The van der Waals surface area contributed by atoms with Gasteiger partial charge in [-0.05, 0) is 60.4 Å². The van der Waals surface area contributed by atoms with Gasteiger partial charge in [-0.25, -0.2) is 4.98 Å². The Bertz CT molecular complexity index is 1520. The third kappa shape index (κ3) is 4.69. The Hall–Kier alpha value is -4.49. The molecule has 0 aliphatic rings. The summed E-state index contributed by atoms with van der Waals surface area (Å²) in [5.74, 6) is 0.659. The smallest absolute Gasteiger partial charge is 0.251 e. The molecule has 180 valence electrons. The van der Waals surface area contributed by atoms with E-state index < -0.39 is 0 Å². The van der Waals surface area contributed by atoms with Crippen molar-refractivity contribution in [3.8, 4) is 11.3 Å². The molecular weight excluding hydrogens is 448 g/mol. The second kappa shape index (κ2) is 10.0. The summed E-state index contributed by atoms with van der Waals surface area (Å²) in [6.45, 7) is 5.05. The summed E-state index contributed by atoms with van der Waals surface area (Å²) in [6.07, 6.45) is 5.41. The molecule has 0 aliphatic carbocycles. The van der Waals surface area contributed by atoms with E-state index in [0.717, 1.165) is 45.0 Å². The first-order chi connectivity index (χ1) is 17.5. The molecule has 5 aromatic rings. The number of fused-ring (bicyclic) bond motifs is 1. The van der Waals surface area contributed by atoms with Crippen LogP contribution < -0.4 is 16.4 Å². The standard InChI is InChI=1S/C29H28N6O/c1-19-6-3-7-20(2)26(19)34-28-27(24-10-5-12-31-18-24)33-25-15-23(11-13-35(25)28)29(36)32-17-22-9-4-8-21(14-22)16-30/h3-15,18,34H,16-17,30H2,1-2H3,(H,32,36). The number of para-hydroxylation sites is 1. The Labute approximate surface area is 210 Å². The van der Waals surface area contributed by atoms with Gasteiger partial charge in [0.2, 0.25) is 0 Å². The fourth-order valence-electron chi connectivity index (χ4n) is 4.29. The minimum absolute atomic E-state index is 0.161. The summed E-state index contributed by atoms with van der Waals surface area (Å²) >= 11 is 0. The van der Waals surface area contributed by atoms with Crippen LogP contribution in [0.5, 0.6) is 0 Å². The molecule has 0 fully saturated rings. The number of aromatic nitrogens is 3. The molecule has 0 aliphatic heterocycles. The minimum atomic E-state index is -0.161. The average molecular weight is 477 g/mol. The number of carbonyl (C=O) groups excluding carboxylic acids is 1. The summed E-state index contributed by atoms with van der Waals surface area (Å²) < 4.78 is 1.97. The SMILES string of the molecule is Cc1cccc(C)c1Nc1c(-c2cccnc2)nc2cc(C(=O)NCc3cccc(CN)c3)ccn12. The van der Waals surface area contributed by atoms with Crippen molar-refractivity contribution in [2.75, 3.05) is 5.32 Å². The van der Waals surface area contributed by atoms with Crippen molar-refractivity contribution in [3.05, 3.63) is 113 Å². The summed E-state index contributed by atoms with van der Waals surface area (Å²) in [6, 6.07) is 21.6. The normalized spacial score (nSPS) is 11.0. The first-order valence-electron chi connectivity index (χ1n) is 11.9. The monoisotopic (exact) mass is 476 g/mol. The van der Waals surface area contributed by atoms with E-state index in [0.29, 0.717) is 24.3 Å².